The average Bonchev–Trinajstić information content (AvgIpc) is 3.15. The number of unbranched alkanes of at least 4 members (excludes halogenated alkanes) is 1. The molecule has 1 N–H and O–H groups in total. The Balaban J connectivity index is 1.82. The number of carbonyl (C=O) groups excluding carboxylic acids is 1. The minimum absolute atomic E-state index is 0.113. The fraction of sp³-hybridized carbons (Fsp3) is 0.278. The van der Waals surface area contributed by atoms with Crippen molar-refractivity contribution in [1.29, 1.82) is 0 Å². The summed E-state index contributed by atoms with van der Waals surface area (Å²) < 4.78 is 0. The molecule has 1 amide bonds. The van der Waals surface area contributed by atoms with Crippen LogP contribution in [0, 0.1) is 0 Å². The number of thiophene rings is 1. The van der Waals surface area contributed by atoms with E-state index in [2.05, 4.69) is 12.2 Å². The van der Waals surface area contributed by atoms with Crippen LogP contribution in [0.1, 0.15) is 30.8 Å². The molecule has 7 heteroatoms. The van der Waals surface area contributed by atoms with E-state index in [4.69, 9.17) is 10.1 Å². The summed E-state index contributed by atoms with van der Waals surface area (Å²) in [6.07, 6.45) is 1.92. The van der Waals surface area contributed by atoms with Crippen LogP contribution in [0.15, 0.2) is 51.9 Å². The first-order valence-corrected chi connectivity index (χ1v) is 10.2. The second-order valence-corrected chi connectivity index (χ2v) is 7.85. The van der Waals surface area contributed by atoms with E-state index in [0.717, 1.165) is 34.0 Å². The predicted molar refractivity (Wildman–Crippen MR) is 102 cm³/mol. The Morgan fingerprint density at radius 1 is 1.28 bits per heavy atom. The number of fused-ring (bicyclic) bond motifs is 2. The second kappa shape index (κ2) is 7.01. The van der Waals surface area contributed by atoms with Gasteiger partial charge in [0.2, 0.25) is 0 Å². The van der Waals surface area contributed by atoms with Crippen molar-refractivity contribution in [2.45, 2.75) is 25.9 Å². The highest BCUT2D eigenvalue weighted by atomic mass is 32.2. The van der Waals surface area contributed by atoms with Gasteiger partial charge < -0.3 is 0 Å². The van der Waals surface area contributed by atoms with E-state index >= 15 is 0 Å². The normalized spacial score (nSPS) is 18.8. The van der Waals surface area contributed by atoms with Gasteiger partial charge in [-0.15, -0.1) is 16.4 Å². The lowest BCUT2D eigenvalue weighted by molar-refractivity contribution is -0.116. The molecule has 1 aromatic carbocycles. The van der Waals surface area contributed by atoms with Crippen LogP contribution in [0.25, 0.3) is 5.70 Å². The molecule has 0 bridgehead atoms. The molecule has 1 atom stereocenters. The highest BCUT2D eigenvalue weighted by Gasteiger charge is 2.34. The number of nitrogens with zero attached hydrogens (tertiary/aromatic N) is 3. The minimum Gasteiger partial charge on any atom is -0.298 e. The lowest BCUT2D eigenvalue weighted by Gasteiger charge is -2.33. The van der Waals surface area contributed by atoms with E-state index in [1.807, 2.05) is 41.8 Å². The van der Waals surface area contributed by atoms with Gasteiger partial charge in [-0.25, -0.2) is 5.01 Å². The maximum atomic E-state index is 12.8. The molecule has 0 fully saturated rings. The van der Waals surface area contributed by atoms with E-state index < -0.39 is 0 Å². The molecule has 0 unspecified atom stereocenters. The van der Waals surface area contributed by atoms with Crippen LogP contribution >= 0.6 is 23.1 Å². The Morgan fingerprint density at radius 2 is 2.16 bits per heavy atom. The summed E-state index contributed by atoms with van der Waals surface area (Å²) in [5.41, 5.74) is 0.573. The molecule has 4 rings (SSSR count). The topological polar surface area (TPSA) is 57.1 Å². The number of para-hydroxylation sites is 1. The number of amides is 1. The summed E-state index contributed by atoms with van der Waals surface area (Å²) >= 11 is 3.21. The van der Waals surface area contributed by atoms with Crippen LogP contribution in [-0.2, 0) is 4.79 Å². The van der Waals surface area contributed by atoms with Gasteiger partial charge in [0, 0.05) is 11.0 Å². The molecular weight excluding hydrogens is 352 g/mol. The lowest BCUT2D eigenvalue weighted by Crippen LogP contribution is -2.50. The number of thioether (sulfide) groups is 1. The van der Waals surface area contributed by atoms with E-state index in [0.29, 0.717) is 10.9 Å². The molecule has 2 aromatic rings. The summed E-state index contributed by atoms with van der Waals surface area (Å²) in [5, 5.41) is 13.8. The number of hydrazone groups is 1. The molecule has 5 nitrogen and oxygen atoms in total. The Bertz CT molecular complexity index is 936. The van der Waals surface area contributed by atoms with Crippen molar-refractivity contribution >= 4 is 39.9 Å². The molecule has 1 aromatic heterocycles. The van der Waals surface area contributed by atoms with Crippen LogP contribution in [0.4, 0.5) is 0 Å². The van der Waals surface area contributed by atoms with Crippen LogP contribution in [0.5, 0.6) is 0 Å². The van der Waals surface area contributed by atoms with Crippen molar-refractivity contribution in [2.75, 3.05) is 5.75 Å². The van der Waals surface area contributed by atoms with Crippen LogP contribution < -0.4 is 15.9 Å². The van der Waals surface area contributed by atoms with Gasteiger partial charge in [-0.05, 0) is 23.9 Å². The Morgan fingerprint density at radius 3 is 2.96 bits per heavy atom. The molecule has 25 heavy (non-hydrogen) atoms. The molecule has 2 aliphatic rings. The maximum absolute atomic E-state index is 12.8. The van der Waals surface area contributed by atoms with E-state index in [1.54, 1.807) is 28.1 Å². The van der Waals surface area contributed by atoms with Crippen LogP contribution in [0.3, 0.4) is 0 Å². The van der Waals surface area contributed by atoms with Gasteiger partial charge in [-0.2, -0.15) is 0 Å². The van der Waals surface area contributed by atoms with Gasteiger partial charge in [0.1, 0.15) is 5.70 Å². The zero-order chi connectivity index (χ0) is 17.2. The van der Waals surface area contributed by atoms with Crippen molar-refractivity contribution < 1.29 is 4.79 Å². The van der Waals surface area contributed by atoms with Crippen LogP contribution in [0.2, 0.25) is 0 Å². The second-order valence-electron chi connectivity index (χ2n) is 5.79. The van der Waals surface area contributed by atoms with E-state index in [1.165, 1.54) is 0 Å². The fourth-order valence-electron chi connectivity index (χ4n) is 2.83. The molecule has 2 aliphatic heterocycles. The van der Waals surface area contributed by atoms with Crippen molar-refractivity contribution in [2.24, 2.45) is 10.1 Å². The maximum Gasteiger partial charge on any atom is 0.276 e. The Hall–Kier alpha value is -2.12. The predicted octanol–water partition coefficient (Wildman–Crippen LogP) is 2.42. The number of rotatable bonds is 4. The minimum atomic E-state index is -0.294. The van der Waals surface area contributed by atoms with Gasteiger partial charge in [0.15, 0.2) is 11.3 Å². The molecule has 0 spiro atoms. The quantitative estimate of drug-likeness (QED) is 0.841. The zero-order valence-electron chi connectivity index (χ0n) is 13.8. The number of benzene rings is 1. The number of nitrogens with one attached hydrogen (secondary N) is 1. The van der Waals surface area contributed by atoms with Crippen molar-refractivity contribution in [3.63, 3.8) is 0 Å². The highest BCUT2D eigenvalue weighted by molar-refractivity contribution is 8.13. The molecule has 0 radical (unpaired) electrons. The van der Waals surface area contributed by atoms with Gasteiger partial charge in [-0.1, -0.05) is 49.4 Å². The molecule has 0 aliphatic carbocycles. The molecular formula is C18H18N4OS2. The lowest BCUT2D eigenvalue weighted by atomic mass is 10.1. The third-order valence-corrected chi connectivity index (χ3v) is 5.91. The summed E-state index contributed by atoms with van der Waals surface area (Å²) in [5.74, 6) is 0.828. The molecule has 0 saturated heterocycles. The fourth-order valence-corrected chi connectivity index (χ4v) is 4.51. The zero-order valence-corrected chi connectivity index (χ0v) is 15.4. The largest absolute Gasteiger partial charge is 0.298 e. The Kier molecular flexibility index (Phi) is 4.59. The van der Waals surface area contributed by atoms with Gasteiger partial charge >= 0.3 is 0 Å². The first-order chi connectivity index (χ1) is 12.3. The summed E-state index contributed by atoms with van der Waals surface area (Å²) in [6, 6.07) is 11.8. The number of amidine groups is 1. The third kappa shape index (κ3) is 3.09. The van der Waals surface area contributed by atoms with Gasteiger partial charge in [0.25, 0.3) is 5.91 Å². The third-order valence-electron chi connectivity index (χ3n) is 4.05. The average molecular weight is 371 g/mol. The molecule has 128 valence electrons. The highest BCUT2D eigenvalue weighted by Crippen LogP contribution is 2.32. The first-order valence-electron chi connectivity index (χ1n) is 8.30. The van der Waals surface area contributed by atoms with Crippen molar-refractivity contribution in [1.82, 2.24) is 10.3 Å². The first kappa shape index (κ1) is 16.4. The molecule has 0 saturated carbocycles. The SMILES string of the molecule is CCCCSC1=NN2C(=c3ccccc3=N[C@H]2c2cccs2)C(=O)N1. The van der Waals surface area contributed by atoms with Gasteiger partial charge in [0.05, 0.1) is 10.2 Å². The summed E-state index contributed by atoms with van der Waals surface area (Å²) in [7, 11) is 0. The number of hydrogen-bond donors (Lipinski definition) is 1. The monoisotopic (exact) mass is 370 g/mol. The Labute approximate surface area is 154 Å². The van der Waals surface area contributed by atoms with Crippen molar-refractivity contribution in [3.8, 4) is 0 Å². The van der Waals surface area contributed by atoms with Gasteiger partial charge in [-0.3, -0.25) is 15.1 Å². The molecule has 3 heterocycles. The smallest absolute Gasteiger partial charge is 0.276 e. The number of hydrogen-bond acceptors (Lipinski definition) is 6. The standard InChI is InChI=1S/C18H18N4OS2/c1-2-3-10-25-18-20-17(23)15-12-7-4-5-8-13(12)19-16(22(15)21-18)14-9-6-11-24-14/h4-9,11,16H,2-3,10H2,1H3,(H,20,21,23)/t16-/m1/s1. The van der Waals surface area contributed by atoms with Crippen LogP contribution in [-0.4, -0.2) is 21.8 Å². The van der Waals surface area contributed by atoms with E-state index in [-0.39, 0.29) is 12.1 Å². The van der Waals surface area contributed by atoms with E-state index in [9.17, 15) is 4.79 Å². The van der Waals surface area contributed by atoms with Crippen molar-refractivity contribution in [3.05, 3.63) is 57.2 Å². The number of carbonyl (C=O) groups is 1. The summed E-state index contributed by atoms with van der Waals surface area (Å²) in [4.78, 5) is 18.8. The summed E-state index contributed by atoms with van der Waals surface area (Å²) in [6.45, 7) is 2.15.